The highest BCUT2D eigenvalue weighted by molar-refractivity contribution is 6.30. The summed E-state index contributed by atoms with van der Waals surface area (Å²) < 4.78 is 4.50. The van der Waals surface area contributed by atoms with Crippen molar-refractivity contribution >= 4 is 43.6 Å². The molecule has 8 aromatic carbocycles. The fourth-order valence-electron chi connectivity index (χ4n) is 10.00. The van der Waals surface area contributed by atoms with E-state index in [-0.39, 0.29) is 22.0 Å². The Bertz CT molecular complexity index is 3770. The molecule has 0 bridgehead atoms. The van der Waals surface area contributed by atoms with E-state index in [0.717, 1.165) is 99.6 Å². The fraction of sp³-hybridized carbons (Fsp3) is 0.190. The van der Waals surface area contributed by atoms with E-state index in [9.17, 15) is 5.11 Å². The zero-order chi connectivity index (χ0) is 48.0. The highest BCUT2D eigenvalue weighted by atomic mass is 16.3. The second-order valence-electron chi connectivity index (χ2n) is 21.6. The summed E-state index contributed by atoms with van der Waals surface area (Å²) in [5, 5.41) is 16.8. The summed E-state index contributed by atoms with van der Waals surface area (Å²) in [7, 11) is 0. The van der Waals surface area contributed by atoms with Crippen LogP contribution in [0.25, 0.3) is 99.9 Å². The third-order valence-electron chi connectivity index (χ3n) is 13.8. The van der Waals surface area contributed by atoms with Crippen molar-refractivity contribution < 1.29 is 5.11 Å². The molecular formula is C63H57N5O. The third kappa shape index (κ3) is 7.55. The average molecular weight is 900 g/mol. The summed E-state index contributed by atoms with van der Waals surface area (Å²) in [6, 6.07) is 58.1. The average Bonchev–Trinajstić information content (AvgIpc) is 3.97. The highest BCUT2D eigenvalue weighted by Crippen LogP contribution is 2.47. The number of nitrogens with zero attached hydrogens (tertiary/aromatic N) is 5. The van der Waals surface area contributed by atoms with Crippen molar-refractivity contribution in [2.75, 3.05) is 0 Å². The van der Waals surface area contributed by atoms with Crippen LogP contribution in [-0.4, -0.2) is 29.2 Å². The fourth-order valence-corrected chi connectivity index (χ4v) is 10.00. The molecule has 0 spiro atoms. The molecule has 0 atom stereocenters. The van der Waals surface area contributed by atoms with E-state index in [1.54, 1.807) is 0 Å². The van der Waals surface area contributed by atoms with E-state index in [1.807, 2.05) is 24.7 Å². The second-order valence-corrected chi connectivity index (χ2v) is 21.6. The Labute approximate surface area is 404 Å². The molecule has 3 heterocycles. The van der Waals surface area contributed by atoms with Crippen molar-refractivity contribution in [1.82, 2.24) is 24.1 Å². The van der Waals surface area contributed by atoms with Gasteiger partial charge in [0, 0.05) is 44.7 Å². The van der Waals surface area contributed by atoms with Crippen LogP contribution >= 0.6 is 0 Å². The summed E-state index contributed by atoms with van der Waals surface area (Å²) >= 11 is 0. The van der Waals surface area contributed by atoms with Gasteiger partial charge in [-0.3, -0.25) is 14.1 Å². The van der Waals surface area contributed by atoms with Crippen LogP contribution in [-0.2, 0) is 16.2 Å². The number of imidazole rings is 2. The van der Waals surface area contributed by atoms with E-state index in [4.69, 9.17) is 15.0 Å². The Hall–Kier alpha value is -7.83. The van der Waals surface area contributed by atoms with Crippen molar-refractivity contribution in [2.24, 2.45) is 0 Å². The number of aromatic hydroxyl groups is 1. The van der Waals surface area contributed by atoms with Crippen LogP contribution in [0.4, 0.5) is 0 Å². The smallest absolute Gasteiger partial charge is 0.149 e. The van der Waals surface area contributed by atoms with E-state index in [0.29, 0.717) is 11.4 Å². The quantitative estimate of drug-likeness (QED) is 0.169. The molecule has 0 aliphatic carbocycles. The largest absolute Gasteiger partial charge is 0.507 e. The molecule has 3 aromatic heterocycles. The number of pyridine rings is 1. The maximum Gasteiger partial charge on any atom is 0.149 e. The zero-order valence-corrected chi connectivity index (χ0v) is 40.9. The number of para-hydroxylation sites is 1. The molecule has 0 aliphatic rings. The molecule has 6 nitrogen and oxygen atoms in total. The molecule has 0 saturated heterocycles. The number of phenols is 1. The minimum Gasteiger partial charge on any atom is -0.507 e. The Morgan fingerprint density at radius 2 is 1.13 bits per heavy atom. The lowest BCUT2D eigenvalue weighted by molar-refractivity contribution is 0.446. The van der Waals surface area contributed by atoms with Gasteiger partial charge in [-0.05, 0) is 110 Å². The first-order valence-electron chi connectivity index (χ1n) is 24.0. The van der Waals surface area contributed by atoms with Gasteiger partial charge in [-0.1, -0.05) is 165 Å². The number of fused-ring (bicyclic) bond motifs is 8. The van der Waals surface area contributed by atoms with Crippen LogP contribution in [0, 0.1) is 0 Å². The number of hydrogen-bond acceptors (Lipinski definition) is 4. The molecule has 11 rings (SSSR count). The Morgan fingerprint density at radius 3 is 1.81 bits per heavy atom. The van der Waals surface area contributed by atoms with E-state index < -0.39 is 0 Å². The second kappa shape index (κ2) is 16.2. The number of rotatable bonds is 6. The lowest BCUT2D eigenvalue weighted by Gasteiger charge is -2.28. The summed E-state index contributed by atoms with van der Waals surface area (Å²) in [5.41, 5.74) is 15.3. The van der Waals surface area contributed by atoms with Crippen molar-refractivity contribution in [1.29, 1.82) is 0 Å². The molecular weight excluding hydrogens is 843 g/mol. The molecule has 340 valence electrons. The first kappa shape index (κ1) is 43.7. The van der Waals surface area contributed by atoms with Crippen LogP contribution in [0.2, 0.25) is 0 Å². The minimum atomic E-state index is -0.352. The van der Waals surface area contributed by atoms with Gasteiger partial charge in [0.2, 0.25) is 0 Å². The predicted molar refractivity (Wildman–Crippen MR) is 288 cm³/mol. The Balaban J connectivity index is 1.31. The van der Waals surface area contributed by atoms with Gasteiger partial charge >= 0.3 is 0 Å². The first-order chi connectivity index (χ1) is 33.0. The molecule has 0 saturated carbocycles. The van der Waals surface area contributed by atoms with Crippen LogP contribution < -0.4 is 0 Å². The molecule has 0 amide bonds. The Kier molecular flexibility index (Phi) is 10.2. The van der Waals surface area contributed by atoms with E-state index >= 15 is 0 Å². The van der Waals surface area contributed by atoms with E-state index in [1.165, 1.54) is 5.56 Å². The maximum atomic E-state index is 12.7. The summed E-state index contributed by atoms with van der Waals surface area (Å²) in [6.45, 7) is 20.0. The van der Waals surface area contributed by atoms with Crippen molar-refractivity contribution in [3.05, 3.63) is 193 Å². The van der Waals surface area contributed by atoms with Crippen molar-refractivity contribution in [3.63, 3.8) is 0 Å². The van der Waals surface area contributed by atoms with Gasteiger partial charge in [-0.2, -0.15) is 0 Å². The van der Waals surface area contributed by atoms with Gasteiger partial charge in [-0.15, -0.1) is 0 Å². The Morgan fingerprint density at radius 1 is 0.478 bits per heavy atom. The van der Waals surface area contributed by atoms with Crippen LogP contribution in [0.5, 0.6) is 5.75 Å². The number of phenolic OH excluding ortho intramolecular Hbond substituents is 1. The van der Waals surface area contributed by atoms with Crippen LogP contribution in [0.3, 0.4) is 0 Å². The topological polar surface area (TPSA) is 68.8 Å². The number of aromatic nitrogens is 5. The van der Waals surface area contributed by atoms with Crippen LogP contribution in [0.15, 0.2) is 176 Å². The van der Waals surface area contributed by atoms with Gasteiger partial charge < -0.3 is 5.11 Å². The molecule has 6 heteroatoms. The minimum absolute atomic E-state index is 0.0976. The standard InChI is InChI=1S/C63H57N5O/c1-61(2,3)43-26-29-53(48(35-43)40-21-15-11-16-22-40)68-54-30-28-47-55(57(54)66-60(68)50-36-44(62(4,5)6)37-51(59(50)69)63(7,8)9)49-33-42(52-34-41(31-32-64-52)39-19-13-10-14-20-39)25-27-46(49)58-56(47)65-38-67(58)45-23-17-12-18-24-45/h10-38,69H,1-9H3. The van der Waals surface area contributed by atoms with Crippen molar-refractivity contribution in [3.8, 4) is 62.0 Å². The number of benzene rings is 8. The SMILES string of the molecule is CC(C)(C)c1ccc(-n2c(-c3cc(C(C)(C)C)cc(C(C)(C)C)c3O)nc3c4c5cc(-c6cc(-c7ccccc7)ccn6)ccc5c5c(ncn5-c5ccccc5)c4ccc32)c(-c2ccccc2)c1. The van der Waals surface area contributed by atoms with Gasteiger partial charge in [0.15, 0.2) is 0 Å². The van der Waals surface area contributed by atoms with Gasteiger partial charge in [0.05, 0.1) is 39.0 Å². The summed E-state index contributed by atoms with van der Waals surface area (Å²) in [5.74, 6) is 0.910. The molecule has 0 unspecified atom stereocenters. The van der Waals surface area contributed by atoms with Gasteiger partial charge in [-0.25, -0.2) is 9.97 Å². The van der Waals surface area contributed by atoms with Gasteiger partial charge in [0.25, 0.3) is 0 Å². The van der Waals surface area contributed by atoms with Crippen molar-refractivity contribution in [2.45, 2.75) is 78.6 Å². The maximum absolute atomic E-state index is 12.7. The predicted octanol–water partition coefficient (Wildman–Crippen LogP) is 16.3. The van der Waals surface area contributed by atoms with Crippen LogP contribution in [0.1, 0.15) is 79.0 Å². The van der Waals surface area contributed by atoms with Gasteiger partial charge in [0.1, 0.15) is 17.9 Å². The molecule has 0 fully saturated rings. The summed E-state index contributed by atoms with van der Waals surface area (Å²) in [4.78, 5) is 16.0. The monoisotopic (exact) mass is 899 g/mol. The molecule has 11 aromatic rings. The summed E-state index contributed by atoms with van der Waals surface area (Å²) in [6.07, 6.45) is 3.85. The molecule has 0 aliphatic heterocycles. The normalized spacial score (nSPS) is 12.5. The molecule has 69 heavy (non-hydrogen) atoms. The zero-order valence-electron chi connectivity index (χ0n) is 40.9. The first-order valence-corrected chi connectivity index (χ1v) is 24.0. The lowest BCUT2D eigenvalue weighted by Crippen LogP contribution is -2.17. The molecule has 0 radical (unpaired) electrons. The molecule has 1 N–H and O–H groups in total. The lowest BCUT2D eigenvalue weighted by atomic mass is 9.79. The highest BCUT2D eigenvalue weighted by Gasteiger charge is 2.30. The van der Waals surface area contributed by atoms with E-state index in [2.05, 4.69) is 223 Å². The third-order valence-corrected chi connectivity index (χ3v) is 13.8. The number of hydrogen-bond donors (Lipinski definition) is 1.